The normalized spacial score (nSPS) is 10.3. The highest BCUT2D eigenvalue weighted by Gasteiger charge is 1.97. The van der Waals surface area contributed by atoms with Crippen molar-refractivity contribution in [2.24, 2.45) is 0 Å². The largest absolute Gasteiger partial charge is 0.399 e. The highest BCUT2D eigenvalue weighted by molar-refractivity contribution is 7.16. The summed E-state index contributed by atoms with van der Waals surface area (Å²) in [6.45, 7) is 0.904. The summed E-state index contributed by atoms with van der Waals surface area (Å²) in [5.41, 5.74) is 7.49. The Morgan fingerprint density at radius 3 is 2.50 bits per heavy atom. The minimum Gasteiger partial charge on any atom is -0.399 e. The fourth-order valence-corrected chi connectivity index (χ4v) is 2.50. The maximum Gasteiger partial charge on any atom is 0.0931 e. The molecular formula is C12H13ClN2S. The molecule has 3 N–H and O–H groups in total. The van der Waals surface area contributed by atoms with E-state index in [9.17, 15) is 0 Å². The van der Waals surface area contributed by atoms with Gasteiger partial charge in [0.25, 0.3) is 0 Å². The van der Waals surface area contributed by atoms with Gasteiger partial charge in [0, 0.05) is 22.8 Å². The molecule has 0 bridgehead atoms. The van der Waals surface area contributed by atoms with Crippen molar-refractivity contribution < 1.29 is 0 Å². The smallest absolute Gasteiger partial charge is 0.0931 e. The van der Waals surface area contributed by atoms with E-state index in [0.717, 1.165) is 28.7 Å². The van der Waals surface area contributed by atoms with Crippen LogP contribution in [0.1, 0.15) is 4.88 Å². The molecule has 0 atom stereocenters. The van der Waals surface area contributed by atoms with Gasteiger partial charge in [0.1, 0.15) is 0 Å². The van der Waals surface area contributed by atoms with E-state index < -0.39 is 0 Å². The van der Waals surface area contributed by atoms with Crippen LogP contribution in [0.3, 0.4) is 0 Å². The van der Waals surface area contributed by atoms with Gasteiger partial charge in [-0.1, -0.05) is 11.6 Å². The molecule has 0 spiro atoms. The number of rotatable bonds is 4. The average molecular weight is 253 g/mol. The van der Waals surface area contributed by atoms with E-state index in [0.29, 0.717) is 0 Å². The first-order valence-corrected chi connectivity index (χ1v) is 6.27. The van der Waals surface area contributed by atoms with Crippen molar-refractivity contribution in [1.82, 2.24) is 0 Å². The van der Waals surface area contributed by atoms with E-state index >= 15 is 0 Å². The molecule has 16 heavy (non-hydrogen) atoms. The number of nitrogen functional groups attached to an aromatic ring is 1. The standard InChI is InChI=1S/C12H13ClN2S/c13-12-6-5-11(16-12)7-8-15-10-3-1-9(14)2-4-10/h1-6,15H,7-8,14H2. The molecule has 0 saturated carbocycles. The number of anilines is 2. The van der Waals surface area contributed by atoms with Gasteiger partial charge in [-0.15, -0.1) is 11.3 Å². The quantitative estimate of drug-likeness (QED) is 0.816. The zero-order chi connectivity index (χ0) is 11.4. The first-order valence-electron chi connectivity index (χ1n) is 5.08. The lowest BCUT2D eigenvalue weighted by Crippen LogP contribution is -2.03. The van der Waals surface area contributed by atoms with Crippen LogP contribution in [0.15, 0.2) is 36.4 Å². The molecule has 0 aliphatic heterocycles. The van der Waals surface area contributed by atoms with Crippen molar-refractivity contribution in [2.75, 3.05) is 17.6 Å². The molecule has 0 aliphatic carbocycles. The predicted octanol–water partition coefficient (Wildman–Crippen LogP) is 3.64. The summed E-state index contributed by atoms with van der Waals surface area (Å²) < 4.78 is 0.850. The van der Waals surface area contributed by atoms with Gasteiger partial charge in [-0.05, 0) is 42.8 Å². The van der Waals surface area contributed by atoms with Gasteiger partial charge in [0.15, 0.2) is 0 Å². The number of thiophene rings is 1. The number of halogens is 1. The number of hydrogen-bond acceptors (Lipinski definition) is 3. The van der Waals surface area contributed by atoms with Crippen LogP contribution in [-0.4, -0.2) is 6.54 Å². The second-order valence-corrected chi connectivity index (χ2v) is 5.30. The van der Waals surface area contributed by atoms with Gasteiger partial charge in [0.05, 0.1) is 4.34 Å². The van der Waals surface area contributed by atoms with Crippen molar-refractivity contribution in [1.29, 1.82) is 0 Å². The molecule has 2 aromatic rings. The van der Waals surface area contributed by atoms with Gasteiger partial charge in [-0.2, -0.15) is 0 Å². The molecule has 4 heteroatoms. The van der Waals surface area contributed by atoms with E-state index in [2.05, 4.69) is 11.4 Å². The third-order valence-electron chi connectivity index (χ3n) is 2.24. The molecule has 0 aliphatic rings. The SMILES string of the molecule is Nc1ccc(NCCc2ccc(Cl)s2)cc1. The van der Waals surface area contributed by atoms with Crippen molar-refractivity contribution in [3.8, 4) is 0 Å². The van der Waals surface area contributed by atoms with Gasteiger partial charge >= 0.3 is 0 Å². The van der Waals surface area contributed by atoms with Crippen molar-refractivity contribution in [2.45, 2.75) is 6.42 Å². The highest BCUT2D eigenvalue weighted by Crippen LogP contribution is 2.21. The first-order chi connectivity index (χ1) is 7.74. The van der Waals surface area contributed by atoms with Crippen LogP contribution in [0.25, 0.3) is 0 Å². The van der Waals surface area contributed by atoms with Crippen LogP contribution >= 0.6 is 22.9 Å². The minimum absolute atomic E-state index is 0.788. The predicted molar refractivity (Wildman–Crippen MR) is 72.4 cm³/mol. The Morgan fingerprint density at radius 2 is 1.88 bits per heavy atom. The van der Waals surface area contributed by atoms with Crippen molar-refractivity contribution in [3.63, 3.8) is 0 Å². The number of benzene rings is 1. The number of nitrogens with one attached hydrogen (secondary N) is 1. The Balaban J connectivity index is 1.82. The number of hydrogen-bond donors (Lipinski definition) is 2. The Hall–Kier alpha value is -1.19. The summed E-state index contributed by atoms with van der Waals surface area (Å²) in [7, 11) is 0. The summed E-state index contributed by atoms with van der Waals surface area (Å²) in [4.78, 5) is 1.30. The zero-order valence-electron chi connectivity index (χ0n) is 8.74. The van der Waals surface area contributed by atoms with Crippen LogP contribution in [0.4, 0.5) is 11.4 Å². The lowest BCUT2D eigenvalue weighted by Gasteiger charge is -2.05. The molecule has 1 aromatic carbocycles. The Labute approximate surface area is 104 Å². The summed E-state index contributed by atoms with van der Waals surface area (Å²) >= 11 is 7.49. The van der Waals surface area contributed by atoms with E-state index in [1.54, 1.807) is 11.3 Å². The van der Waals surface area contributed by atoms with Crippen LogP contribution < -0.4 is 11.1 Å². The third kappa shape index (κ3) is 3.15. The molecule has 0 amide bonds. The Morgan fingerprint density at radius 1 is 1.12 bits per heavy atom. The van der Waals surface area contributed by atoms with Crippen LogP contribution in [0, 0.1) is 0 Å². The lowest BCUT2D eigenvalue weighted by molar-refractivity contribution is 1.04. The molecule has 0 saturated heterocycles. The highest BCUT2D eigenvalue weighted by atomic mass is 35.5. The third-order valence-corrected chi connectivity index (χ3v) is 3.53. The summed E-state index contributed by atoms with van der Waals surface area (Å²) in [6, 6.07) is 11.8. The molecule has 2 rings (SSSR count). The molecule has 0 fully saturated rings. The molecule has 1 aromatic heterocycles. The maximum absolute atomic E-state index is 5.86. The number of nitrogens with two attached hydrogens (primary N) is 1. The van der Waals surface area contributed by atoms with Crippen LogP contribution in [0.5, 0.6) is 0 Å². The Kier molecular flexibility index (Phi) is 3.70. The van der Waals surface area contributed by atoms with E-state index in [4.69, 9.17) is 17.3 Å². The summed E-state index contributed by atoms with van der Waals surface area (Å²) in [5.74, 6) is 0. The monoisotopic (exact) mass is 252 g/mol. The molecular weight excluding hydrogens is 240 g/mol. The first kappa shape index (κ1) is 11.3. The lowest BCUT2D eigenvalue weighted by atomic mass is 10.2. The van der Waals surface area contributed by atoms with Gasteiger partial charge < -0.3 is 11.1 Å². The molecule has 0 unspecified atom stereocenters. The minimum atomic E-state index is 0.788. The second kappa shape index (κ2) is 5.23. The van der Waals surface area contributed by atoms with Crippen molar-refractivity contribution in [3.05, 3.63) is 45.6 Å². The molecule has 84 valence electrons. The van der Waals surface area contributed by atoms with E-state index in [-0.39, 0.29) is 0 Å². The second-order valence-electron chi connectivity index (χ2n) is 3.50. The van der Waals surface area contributed by atoms with Gasteiger partial charge in [-0.25, -0.2) is 0 Å². The van der Waals surface area contributed by atoms with Crippen LogP contribution in [0.2, 0.25) is 4.34 Å². The molecule has 1 heterocycles. The fourth-order valence-electron chi connectivity index (χ4n) is 1.42. The Bertz CT molecular complexity index is 450. The van der Waals surface area contributed by atoms with E-state index in [1.807, 2.05) is 30.3 Å². The van der Waals surface area contributed by atoms with E-state index in [1.165, 1.54) is 4.88 Å². The van der Waals surface area contributed by atoms with Crippen molar-refractivity contribution >= 4 is 34.3 Å². The van der Waals surface area contributed by atoms with Crippen LogP contribution in [-0.2, 0) is 6.42 Å². The van der Waals surface area contributed by atoms with Gasteiger partial charge in [-0.3, -0.25) is 0 Å². The zero-order valence-corrected chi connectivity index (χ0v) is 10.3. The topological polar surface area (TPSA) is 38.0 Å². The summed E-state index contributed by atoms with van der Waals surface area (Å²) in [6.07, 6.45) is 0.988. The average Bonchev–Trinajstić information content (AvgIpc) is 2.67. The maximum atomic E-state index is 5.86. The summed E-state index contributed by atoms with van der Waals surface area (Å²) in [5, 5.41) is 3.34. The van der Waals surface area contributed by atoms with Gasteiger partial charge in [0.2, 0.25) is 0 Å². The molecule has 2 nitrogen and oxygen atoms in total. The fraction of sp³-hybridized carbons (Fsp3) is 0.167. The molecule has 0 radical (unpaired) electrons.